The first-order valence-corrected chi connectivity index (χ1v) is 11.3. The lowest BCUT2D eigenvalue weighted by atomic mass is 10.2. The third-order valence-electron chi connectivity index (χ3n) is 5.61. The molecule has 0 bridgehead atoms. The van der Waals surface area contributed by atoms with E-state index in [1.54, 1.807) is 19.4 Å². The van der Waals surface area contributed by atoms with E-state index < -0.39 is 0 Å². The van der Waals surface area contributed by atoms with Crippen molar-refractivity contribution in [2.24, 2.45) is 7.05 Å². The van der Waals surface area contributed by atoms with Gasteiger partial charge in [-0.1, -0.05) is 6.92 Å². The number of ether oxygens (including phenoxy) is 1. The second-order valence-corrected chi connectivity index (χ2v) is 8.72. The third-order valence-corrected chi connectivity index (χ3v) is 6.48. The maximum atomic E-state index is 11.5. The van der Waals surface area contributed by atoms with Crippen molar-refractivity contribution in [2.75, 3.05) is 18.0 Å². The summed E-state index contributed by atoms with van der Waals surface area (Å²) in [5.74, 6) is 1.26. The fraction of sp³-hybridized carbons (Fsp3) is 0.381. The summed E-state index contributed by atoms with van der Waals surface area (Å²) in [7, 11) is 1.89. The van der Waals surface area contributed by atoms with E-state index in [0.29, 0.717) is 17.9 Å². The minimum Gasteiger partial charge on any atom is -0.422 e. The van der Waals surface area contributed by atoms with Gasteiger partial charge in [0.2, 0.25) is 5.91 Å². The van der Waals surface area contributed by atoms with Crippen molar-refractivity contribution >= 4 is 49.9 Å². The van der Waals surface area contributed by atoms with Crippen LogP contribution in [0.1, 0.15) is 26.0 Å². The summed E-state index contributed by atoms with van der Waals surface area (Å²) in [6.45, 7) is 5.07. The van der Waals surface area contributed by atoms with E-state index >= 15 is 0 Å². The van der Waals surface area contributed by atoms with Crippen LogP contribution < -0.4 is 15.0 Å². The van der Waals surface area contributed by atoms with E-state index in [2.05, 4.69) is 53.0 Å². The van der Waals surface area contributed by atoms with Gasteiger partial charge in [-0.25, -0.2) is 9.97 Å². The van der Waals surface area contributed by atoms with Crippen LogP contribution in [0.25, 0.3) is 22.2 Å². The van der Waals surface area contributed by atoms with Crippen molar-refractivity contribution in [1.29, 1.82) is 0 Å². The van der Waals surface area contributed by atoms with Crippen molar-refractivity contribution in [3.05, 3.63) is 28.8 Å². The van der Waals surface area contributed by atoms with Crippen LogP contribution in [0.15, 0.2) is 23.1 Å². The number of H-pyrrole nitrogens is 1. The highest BCUT2D eigenvalue weighted by atomic mass is 79.9. The standard InChI is InChI=1S/C21H23BrN8O2/c1-4-14-17(22)16-18(26-14)27-21(28-20(16)30-6-5-12(9-30)25-11(2)31)32-13-7-15-19(23-8-13)29(3)10-24-15/h7-8,10,12H,4-6,9H2,1-3H3,(H,25,31)(H,26,27,28)/t12-/m1/s1. The maximum absolute atomic E-state index is 11.5. The molecule has 0 spiro atoms. The van der Waals surface area contributed by atoms with Crippen LogP contribution in [-0.2, 0) is 18.3 Å². The van der Waals surface area contributed by atoms with E-state index in [9.17, 15) is 4.79 Å². The predicted octanol–water partition coefficient (Wildman–Crippen LogP) is 3.07. The number of rotatable bonds is 5. The van der Waals surface area contributed by atoms with Gasteiger partial charge in [0.25, 0.3) is 0 Å². The SMILES string of the molecule is CCc1[nH]c2nc(Oc3cnc4c(c3)ncn4C)nc(N3CC[C@@H](NC(C)=O)C3)c2c1Br. The summed E-state index contributed by atoms with van der Waals surface area (Å²) in [5.41, 5.74) is 3.25. The molecule has 0 unspecified atom stereocenters. The van der Waals surface area contributed by atoms with Crippen molar-refractivity contribution in [3.8, 4) is 11.8 Å². The first-order chi connectivity index (χ1) is 15.4. The van der Waals surface area contributed by atoms with E-state index in [4.69, 9.17) is 9.72 Å². The molecule has 4 aromatic rings. The first-order valence-electron chi connectivity index (χ1n) is 10.5. The normalized spacial score (nSPS) is 16.2. The molecule has 5 heterocycles. The number of anilines is 1. The van der Waals surface area contributed by atoms with Crippen molar-refractivity contribution in [1.82, 2.24) is 34.8 Å². The molecule has 1 fully saturated rings. The molecule has 0 aromatic carbocycles. The molecule has 0 saturated carbocycles. The Bertz CT molecular complexity index is 1330. The average molecular weight is 499 g/mol. The van der Waals surface area contributed by atoms with Crippen LogP contribution in [0.2, 0.25) is 0 Å². The Hall–Kier alpha value is -3.21. The highest BCUT2D eigenvalue weighted by molar-refractivity contribution is 9.10. The molecule has 32 heavy (non-hydrogen) atoms. The van der Waals surface area contributed by atoms with E-state index in [-0.39, 0.29) is 18.0 Å². The largest absolute Gasteiger partial charge is 0.422 e. The highest BCUT2D eigenvalue weighted by Gasteiger charge is 2.28. The minimum atomic E-state index is -0.0257. The molecular formula is C21H23BrN8O2. The first kappa shape index (κ1) is 20.7. The van der Waals surface area contributed by atoms with Gasteiger partial charge in [-0.15, -0.1) is 0 Å². The van der Waals surface area contributed by atoms with Gasteiger partial charge in [0.1, 0.15) is 17.0 Å². The summed E-state index contributed by atoms with van der Waals surface area (Å²) in [6.07, 6.45) is 5.03. The number of imidazole rings is 1. The topological polar surface area (TPSA) is 114 Å². The van der Waals surface area contributed by atoms with E-state index in [1.807, 2.05) is 17.7 Å². The van der Waals surface area contributed by atoms with Crippen LogP contribution in [-0.4, -0.2) is 54.5 Å². The number of hydrogen-bond donors (Lipinski definition) is 2. The Morgan fingerprint density at radius 1 is 1.38 bits per heavy atom. The lowest BCUT2D eigenvalue weighted by Gasteiger charge is -2.19. The number of nitrogens with one attached hydrogen (secondary N) is 2. The molecular weight excluding hydrogens is 476 g/mol. The fourth-order valence-corrected chi connectivity index (χ4v) is 4.85. The van der Waals surface area contributed by atoms with Crippen molar-refractivity contribution < 1.29 is 9.53 Å². The Morgan fingerprint density at radius 3 is 3.00 bits per heavy atom. The van der Waals surface area contributed by atoms with Gasteiger partial charge in [-0.3, -0.25) is 4.79 Å². The number of aryl methyl sites for hydroxylation is 2. The molecule has 2 N–H and O–H groups in total. The molecule has 0 aliphatic carbocycles. The van der Waals surface area contributed by atoms with Gasteiger partial charge in [0.15, 0.2) is 11.4 Å². The summed E-state index contributed by atoms with van der Waals surface area (Å²) in [6, 6.07) is 2.13. The molecule has 5 rings (SSSR count). The summed E-state index contributed by atoms with van der Waals surface area (Å²) in [4.78, 5) is 35.2. The monoisotopic (exact) mass is 498 g/mol. The average Bonchev–Trinajstić information content (AvgIpc) is 3.45. The zero-order chi connectivity index (χ0) is 22.4. The lowest BCUT2D eigenvalue weighted by molar-refractivity contribution is -0.119. The molecule has 10 nitrogen and oxygen atoms in total. The number of carbonyl (C=O) groups excluding carboxylic acids is 1. The number of aromatic nitrogens is 6. The quantitative estimate of drug-likeness (QED) is 0.434. The van der Waals surface area contributed by atoms with Gasteiger partial charge in [0.05, 0.1) is 22.4 Å². The zero-order valence-corrected chi connectivity index (χ0v) is 19.6. The third kappa shape index (κ3) is 3.66. The Kier molecular flexibility index (Phi) is 5.20. The van der Waals surface area contributed by atoms with Gasteiger partial charge >= 0.3 is 6.01 Å². The van der Waals surface area contributed by atoms with E-state index in [1.165, 1.54) is 0 Å². The molecule has 166 valence electrons. The molecule has 1 saturated heterocycles. The highest BCUT2D eigenvalue weighted by Crippen LogP contribution is 2.37. The number of hydrogen-bond acceptors (Lipinski definition) is 7. The summed E-state index contributed by atoms with van der Waals surface area (Å²) >= 11 is 3.72. The minimum absolute atomic E-state index is 0.0257. The van der Waals surface area contributed by atoms with E-state index in [0.717, 1.165) is 51.9 Å². The van der Waals surface area contributed by atoms with Gasteiger partial charge in [-0.2, -0.15) is 9.97 Å². The number of aromatic amines is 1. The number of fused-ring (bicyclic) bond motifs is 2. The Labute approximate surface area is 192 Å². The van der Waals surface area contributed by atoms with Gasteiger partial charge in [-0.05, 0) is 28.8 Å². The molecule has 11 heteroatoms. The fourth-order valence-electron chi connectivity index (χ4n) is 4.11. The molecule has 1 atom stereocenters. The second-order valence-electron chi connectivity index (χ2n) is 7.93. The number of pyridine rings is 1. The predicted molar refractivity (Wildman–Crippen MR) is 124 cm³/mol. The van der Waals surface area contributed by atoms with Gasteiger partial charge < -0.3 is 24.5 Å². The summed E-state index contributed by atoms with van der Waals surface area (Å²) in [5, 5.41) is 3.91. The summed E-state index contributed by atoms with van der Waals surface area (Å²) < 4.78 is 8.82. The van der Waals surface area contributed by atoms with Crippen molar-refractivity contribution in [2.45, 2.75) is 32.7 Å². The van der Waals surface area contributed by atoms with Crippen LogP contribution in [0.5, 0.6) is 11.8 Å². The second kappa shape index (κ2) is 8.05. The van der Waals surface area contributed by atoms with Crippen LogP contribution in [0, 0.1) is 0 Å². The molecule has 1 aliphatic rings. The molecule has 1 aliphatic heterocycles. The Morgan fingerprint density at radius 2 is 2.22 bits per heavy atom. The molecule has 4 aromatic heterocycles. The Balaban J connectivity index is 1.54. The molecule has 1 amide bonds. The zero-order valence-electron chi connectivity index (χ0n) is 18.0. The van der Waals surface area contributed by atoms with Gasteiger partial charge in [0, 0.05) is 44.9 Å². The number of nitrogens with zero attached hydrogens (tertiary/aromatic N) is 6. The smallest absolute Gasteiger partial charge is 0.326 e. The maximum Gasteiger partial charge on any atom is 0.326 e. The number of carbonyl (C=O) groups is 1. The number of amides is 1. The lowest BCUT2D eigenvalue weighted by Crippen LogP contribution is -2.35. The van der Waals surface area contributed by atoms with Crippen LogP contribution >= 0.6 is 15.9 Å². The number of halogens is 1. The van der Waals surface area contributed by atoms with Crippen LogP contribution in [0.4, 0.5) is 5.82 Å². The van der Waals surface area contributed by atoms with Crippen LogP contribution in [0.3, 0.4) is 0 Å². The molecule has 0 radical (unpaired) electrons. The van der Waals surface area contributed by atoms with Crippen molar-refractivity contribution in [3.63, 3.8) is 0 Å².